The maximum Gasteiger partial charge on any atom is 0.154 e. The van der Waals surface area contributed by atoms with Crippen molar-refractivity contribution in [3.05, 3.63) is 78.0 Å². The number of H-pyrrole nitrogens is 1. The van der Waals surface area contributed by atoms with Crippen molar-refractivity contribution in [3.8, 4) is 33.6 Å². The molecule has 3 heterocycles. The van der Waals surface area contributed by atoms with Gasteiger partial charge in [-0.1, -0.05) is 60.7 Å². The number of hydrogen-bond donors (Lipinski definition) is 1. The summed E-state index contributed by atoms with van der Waals surface area (Å²) in [7, 11) is 0. The van der Waals surface area contributed by atoms with Gasteiger partial charge in [-0.05, 0) is 24.5 Å². The molecule has 0 bridgehead atoms. The molecule has 1 saturated heterocycles. The lowest BCUT2D eigenvalue weighted by Gasteiger charge is -2.28. The molecule has 0 unspecified atom stereocenters. The van der Waals surface area contributed by atoms with Gasteiger partial charge in [-0.2, -0.15) is 5.10 Å². The van der Waals surface area contributed by atoms with Crippen LogP contribution < -0.4 is 4.90 Å². The second-order valence-corrected chi connectivity index (χ2v) is 8.11. The van der Waals surface area contributed by atoms with Crippen LogP contribution >= 0.6 is 0 Å². The molecule has 31 heavy (non-hydrogen) atoms. The summed E-state index contributed by atoms with van der Waals surface area (Å²) in [5.41, 5.74) is 9.26. The van der Waals surface area contributed by atoms with Gasteiger partial charge in [-0.15, -0.1) is 0 Å². The molecule has 1 aliphatic carbocycles. The van der Waals surface area contributed by atoms with E-state index in [0.29, 0.717) is 0 Å². The summed E-state index contributed by atoms with van der Waals surface area (Å²) in [5, 5.41) is 8.07. The first-order valence-electron chi connectivity index (χ1n) is 10.9. The maximum absolute atomic E-state index is 5.53. The third-order valence-electron chi connectivity index (χ3n) is 6.27. The molecular weight excluding hydrogens is 384 g/mol. The molecule has 0 radical (unpaired) electrons. The Labute approximate surface area is 181 Å². The van der Waals surface area contributed by atoms with E-state index in [9.17, 15) is 0 Å². The molecule has 154 valence electrons. The Morgan fingerprint density at radius 1 is 0.806 bits per heavy atom. The van der Waals surface area contributed by atoms with Crippen molar-refractivity contribution in [3.63, 3.8) is 0 Å². The van der Waals surface area contributed by atoms with E-state index in [4.69, 9.17) is 14.8 Å². The number of ether oxygens (including phenoxy) is 1. The fraction of sp³-hybridized carbons (Fsp3) is 0.231. The molecule has 1 fully saturated rings. The van der Waals surface area contributed by atoms with Gasteiger partial charge in [0.15, 0.2) is 5.82 Å². The van der Waals surface area contributed by atoms with Crippen LogP contribution in [0, 0.1) is 0 Å². The van der Waals surface area contributed by atoms with Gasteiger partial charge in [-0.3, -0.25) is 10.1 Å². The second-order valence-electron chi connectivity index (χ2n) is 8.11. The number of aromatic nitrogens is 3. The predicted octanol–water partition coefficient (Wildman–Crippen LogP) is 4.74. The summed E-state index contributed by atoms with van der Waals surface area (Å²) in [4.78, 5) is 7.54. The van der Waals surface area contributed by atoms with Crippen LogP contribution in [-0.4, -0.2) is 41.5 Å². The molecule has 2 aromatic carbocycles. The van der Waals surface area contributed by atoms with E-state index in [1.165, 1.54) is 16.7 Å². The van der Waals surface area contributed by atoms with Crippen molar-refractivity contribution in [1.29, 1.82) is 0 Å². The van der Waals surface area contributed by atoms with E-state index < -0.39 is 0 Å². The lowest BCUT2D eigenvalue weighted by Crippen LogP contribution is -2.37. The predicted molar refractivity (Wildman–Crippen MR) is 123 cm³/mol. The normalized spacial score (nSPS) is 15.4. The van der Waals surface area contributed by atoms with E-state index in [1.807, 2.05) is 6.07 Å². The number of nitrogens with zero attached hydrogens (tertiary/aromatic N) is 3. The Morgan fingerprint density at radius 3 is 2.26 bits per heavy atom. The number of aromatic amines is 1. The molecule has 1 aliphatic heterocycles. The molecule has 2 aromatic heterocycles. The molecule has 0 amide bonds. The largest absolute Gasteiger partial charge is 0.378 e. The van der Waals surface area contributed by atoms with Crippen LogP contribution in [0.5, 0.6) is 0 Å². The molecule has 0 atom stereocenters. The van der Waals surface area contributed by atoms with Crippen LogP contribution in [0.1, 0.15) is 11.3 Å². The quantitative estimate of drug-likeness (QED) is 0.532. The minimum atomic E-state index is 0.762. The highest BCUT2D eigenvalue weighted by molar-refractivity contribution is 5.86. The Balaban J connectivity index is 1.51. The molecule has 5 nitrogen and oxygen atoms in total. The average Bonchev–Trinajstić information content (AvgIpc) is 3.29. The van der Waals surface area contributed by atoms with Crippen LogP contribution in [0.15, 0.2) is 66.7 Å². The van der Waals surface area contributed by atoms with Crippen molar-refractivity contribution in [2.45, 2.75) is 12.8 Å². The number of rotatable bonds is 3. The van der Waals surface area contributed by atoms with Gasteiger partial charge < -0.3 is 9.64 Å². The number of benzene rings is 2. The third kappa shape index (κ3) is 3.22. The number of pyridine rings is 1. The summed E-state index contributed by atoms with van der Waals surface area (Å²) < 4.78 is 5.53. The average molecular weight is 409 g/mol. The summed E-state index contributed by atoms with van der Waals surface area (Å²) >= 11 is 0. The standard InChI is InChI=1S/C26H24N4O/c1-3-7-18(8-4-1)21-17-22-23(27-24(21)19-9-5-2-6-10-19)12-11-20-25(22)28-29-26(20)30-13-15-31-16-14-30/h1-10,17H,11-16H2,(H,28,29). The van der Waals surface area contributed by atoms with E-state index in [-0.39, 0.29) is 0 Å². The molecule has 4 aromatic rings. The topological polar surface area (TPSA) is 54.0 Å². The number of hydrogen-bond acceptors (Lipinski definition) is 4. The summed E-state index contributed by atoms with van der Waals surface area (Å²) in [5.74, 6) is 1.08. The minimum absolute atomic E-state index is 0.762. The number of nitrogens with one attached hydrogen (secondary N) is 1. The fourth-order valence-corrected chi connectivity index (χ4v) is 4.71. The van der Waals surface area contributed by atoms with Crippen molar-refractivity contribution in [2.75, 3.05) is 31.2 Å². The monoisotopic (exact) mass is 408 g/mol. The fourth-order valence-electron chi connectivity index (χ4n) is 4.71. The van der Waals surface area contributed by atoms with Gasteiger partial charge in [-0.25, -0.2) is 0 Å². The van der Waals surface area contributed by atoms with E-state index in [2.05, 4.69) is 70.7 Å². The molecule has 5 heteroatoms. The highest BCUT2D eigenvalue weighted by Crippen LogP contribution is 2.41. The van der Waals surface area contributed by atoms with Gasteiger partial charge in [0.2, 0.25) is 0 Å². The minimum Gasteiger partial charge on any atom is -0.378 e. The van der Waals surface area contributed by atoms with Crippen molar-refractivity contribution in [1.82, 2.24) is 15.2 Å². The first-order chi connectivity index (χ1) is 15.4. The summed E-state index contributed by atoms with van der Waals surface area (Å²) in [6.07, 6.45) is 1.88. The smallest absolute Gasteiger partial charge is 0.154 e. The molecule has 1 N–H and O–H groups in total. The van der Waals surface area contributed by atoms with Gasteiger partial charge in [0, 0.05) is 35.3 Å². The summed E-state index contributed by atoms with van der Waals surface area (Å²) in [6.45, 7) is 3.31. The van der Waals surface area contributed by atoms with Crippen LogP contribution in [0.3, 0.4) is 0 Å². The van der Waals surface area contributed by atoms with Gasteiger partial charge in [0.25, 0.3) is 0 Å². The Bertz CT molecular complexity index is 1210. The maximum atomic E-state index is 5.53. The number of aryl methyl sites for hydroxylation is 1. The third-order valence-corrected chi connectivity index (χ3v) is 6.27. The van der Waals surface area contributed by atoms with Crippen LogP contribution in [0.4, 0.5) is 5.82 Å². The first kappa shape index (κ1) is 18.3. The Morgan fingerprint density at radius 2 is 1.52 bits per heavy atom. The highest BCUT2D eigenvalue weighted by atomic mass is 16.5. The molecule has 0 spiro atoms. The van der Waals surface area contributed by atoms with Crippen LogP contribution in [0.2, 0.25) is 0 Å². The van der Waals surface area contributed by atoms with Crippen molar-refractivity contribution >= 4 is 5.82 Å². The molecule has 2 aliphatic rings. The first-order valence-corrected chi connectivity index (χ1v) is 10.9. The second kappa shape index (κ2) is 7.67. The van der Waals surface area contributed by atoms with Crippen LogP contribution in [0.25, 0.3) is 33.6 Å². The lowest BCUT2D eigenvalue weighted by molar-refractivity contribution is 0.122. The molecule has 6 rings (SSSR count). The van der Waals surface area contributed by atoms with Crippen molar-refractivity contribution in [2.24, 2.45) is 0 Å². The zero-order valence-corrected chi connectivity index (χ0v) is 17.3. The highest BCUT2D eigenvalue weighted by Gasteiger charge is 2.28. The van der Waals surface area contributed by atoms with Crippen molar-refractivity contribution < 1.29 is 4.74 Å². The Hall–Kier alpha value is -3.44. The Kier molecular flexibility index (Phi) is 4.54. The van der Waals surface area contributed by atoms with Crippen LogP contribution in [-0.2, 0) is 17.6 Å². The number of fused-ring (bicyclic) bond motifs is 3. The number of anilines is 1. The SMILES string of the molecule is c1ccc(-c2cc3c(nc2-c2ccccc2)CCc2c(N4CCOCC4)n[nH]c2-3)cc1. The lowest BCUT2D eigenvalue weighted by atomic mass is 9.89. The van der Waals surface area contributed by atoms with E-state index in [0.717, 1.165) is 73.2 Å². The zero-order chi connectivity index (χ0) is 20.6. The summed E-state index contributed by atoms with van der Waals surface area (Å²) in [6, 6.07) is 23.3. The van der Waals surface area contributed by atoms with Gasteiger partial charge >= 0.3 is 0 Å². The molecule has 0 saturated carbocycles. The van der Waals surface area contributed by atoms with E-state index in [1.54, 1.807) is 0 Å². The van der Waals surface area contributed by atoms with Gasteiger partial charge in [0.1, 0.15) is 0 Å². The van der Waals surface area contributed by atoms with Gasteiger partial charge in [0.05, 0.1) is 30.3 Å². The van der Waals surface area contributed by atoms with E-state index >= 15 is 0 Å². The zero-order valence-electron chi connectivity index (χ0n) is 17.3. The number of morpholine rings is 1. The molecular formula is C26H24N4O.